The largest absolute Gasteiger partial charge is 0.508 e. The highest BCUT2D eigenvalue weighted by Crippen LogP contribution is 2.29. The smallest absolute Gasteiger partial charge is 0.118 e. The summed E-state index contributed by atoms with van der Waals surface area (Å²) in [6.45, 7) is 3.84. The van der Waals surface area contributed by atoms with E-state index in [0.29, 0.717) is 5.75 Å². The fourth-order valence-corrected chi connectivity index (χ4v) is 1.99. The van der Waals surface area contributed by atoms with E-state index >= 15 is 0 Å². The van der Waals surface area contributed by atoms with Gasteiger partial charge in [0.2, 0.25) is 0 Å². The maximum atomic E-state index is 9.48. The highest BCUT2D eigenvalue weighted by atomic mass is 79.9. The summed E-state index contributed by atoms with van der Waals surface area (Å²) in [7, 11) is 0. The Morgan fingerprint density at radius 1 is 1.12 bits per heavy atom. The molecule has 2 nitrogen and oxygen atoms in total. The molecule has 0 aliphatic heterocycles. The molecular weight excluding hydrogens is 266 g/mol. The van der Waals surface area contributed by atoms with Crippen LogP contribution in [0.4, 0.5) is 0 Å². The third kappa shape index (κ3) is 2.09. The Balaban J connectivity index is 2.58. The molecule has 0 saturated carbocycles. The summed E-state index contributed by atoms with van der Waals surface area (Å²) in [6, 6.07) is 9.44. The molecule has 3 heteroatoms. The zero-order chi connectivity index (χ0) is 11.7. The van der Waals surface area contributed by atoms with Gasteiger partial charge in [-0.05, 0) is 65.7 Å². The molecule has 1 aromatic carbocycles. The monoisotopic (exact) mass is 277 g/mol. The molecule has 0 aliphatic rings. The minimum Gasteiger partial charge on any atom is -0.508 e. The molecule has 2 rings (SSSR count). The Morgan fingerprint density at radius 2 is 1.88 bits per heavy atom. The number of aromatic hydroxyl groups is 1. The van der Waals surface area contributed by atoms with Crippen LogP contribution in [0.25, 0.3) is 11.3 Å². The van der Waals surface area contributed by atoms with Gasteiger partial charge in [0, 0.05) is 15.7 Å². The first-order valence-electron chi connectivity index (χ1n) is 5.01. The van der Waals surface area contributed by atoms with Crippen LogP contribution < -0.4 is 0 Å². The number of benzene rings is 1. The molecule has 0 fully saturated rings. The molecule has 0 unspecified atom stereocenters. The van der Waals surface area contributed by atoms with E-state index in [0.717, 1.165) is 27.0 Å². The van der Waals surface area contributed by atoms with Crippen molar-refractivity contribution in [3.63, 3.8) is 0 Å². The van der Waals surface area contributed by atoms with E-state index in [1.165, 1.54) is 0 Å². The Kier molecular flexibility index (Phi) is 2.97. The van der Waals surface area contributed by atoms with Crippen molar-refractivity contribution < 1.29 is 5.11 Å². The first-order chi connectivity index (χ1) is 7.58. The van der Waals surface area contributed by atoms with Gasteiger partial charge >= 0.3 is 0 Å². The number of phenols is 1. The Labute approximate surface area is 103 Å². The predicted molar refractivity (Wildman–Crippen MR) is 68.5 cm³/mol. The highest BCUT2D eigenvalue weighted by molar-refractivity contribution is 9.10. The zero-order valence-corrected chi connectivity index (χ0v) is 10.7. The summed E-state index contributed by atoms with van der Waals surface area (Å²) < 4.78 is 0.961. The summed E-state index contributed by atoms with van der Waals surface area (Å²) in [5.41, 5.74) is 3.74. The van der Waals surface area contributed by atoms with Gasteiger partial charge in [0.25, 0.3) is 0 Å². The van der Waals surface area contributed by atoms with Crippen LogP contribution in [0.2, 0.25) is 0 Å². The van der Waals surface area contributed by atoms with Crippen LogP contribution in [0.15, 0.2) is 34.8 Å². The van der Waals surface area contributed by atoms with Gasteiger partial charge in [-0.1, -0.05) is 0 Å². The lowest BCUT2D eigenvalue weighted by Gasteiger charge is -2.07. The number of hydrogen-bond donors (Lipinski definition) is 1. The summed E-state index contributed by atoms with van der Waals surface area (Å²) >= 11 is 3.49. The number of phenolic OH excluding ortho intramolecular Hbond substituents is 1. The highest BCUT2D eigenvalue weighted by Gasteiger charge is 2.06. The van der Waals surface area contributed by atoms with E-state index < -0.39 is 0 Å². The average Bonchev–Trinajstić information content (AvgIpc) is 2.26. The number of aryl methyl sites for hydroxylation is 2. The van der Waals surface area contributed by atoms with Crippen molar-refractivity contribution in [3.8, 4) is 17.0 Å². The fourth-order valence-electron chi connectivity index (χ4n) is 1.54. The van der Waals surface area contributed by atoms with Gasteiger partial charge in [-0.15, -0.1) is 0 Å². The van der Waals surface area contributed by atoms with Gasteiger partial charge in [-0.3, -0.25) is 4.98 Å². The van der Waals surface area contributed by atoms with E-state index in [9.17, 15) is 5.11 Å². The average molecular weight is 278 g/mol. The molecule has 0 bridgehead atoms. The van der Waals surface area contributed by atoms with Crippen LogP contribution in [0, 0.1) is 13.8 Å². The molecule has 1 heterocycles. The molecule has 16 heavy (non-hydrogen) atoms. The van der Waals surface area contributed by atoms with Crippen molar-refractivity contribution in [1.29, 1.82) is 0 Å². The van der Waals surface area contributed by atoms with Crippen molar-refractivity contribution in [1.82, 2.24) is 4.98 Å². The SMILES string of the molecule is Cc1ccc(Br)c(-c2ccc(O)c(C)c2)n1. The summed E-state index contributed by atoms with van der Waals surface area (Å²) in [4.78, 5) is 4.49. The molecule has 0 radical (unpaired) electrons. The van der Waals surface area contributed by atoms with Gasteiger partial charge in [0.05, 0.1) is 5.69 Å². The quantitative estimate of drug-likeness (QED) is 0.859. The first-order valence-corrected chi connectivity index (χ1v) is 5.80. The summed E-state index contributed by atoms with van der Waals surface area (Å²) in [5, 5.41) is 9.48. The maximum absolute atomic E-state index is 9.48. The van der Waals surface area contributed by atoms with Crippen LogP contribution in [0.5, 0.6) is 5.75 Å². The molecule has 1 N–H and O–H groups in total. The van der Waals surface area contributed by atoms with Crippen LogP contribution in [-0.4, -0.2) is 10.1 Å². The molecule has 0 spiro atoms. The minimum absolute atomic E-state index is 0.313. The third-order valence-corrected chi connectivity index (χ3v) is 3.10. The number of nitrogens with zero attached hydrogens (tertiary/aromatic N) is 1. The van der Waals surface area contributed by atoms with Crippen molar-refractivity contribution in [2.75, 3.05) is 0 Å². The predicted octanol–water partition coefficient (Wildman–Crippen LogP) is 3.83. The number of pyridine rings is 1. The van der Waals surface area contributed by atoms with Gasteiger partial charge in [-0.2, -0.15) is 0 Å². The topological polar surface area (TPSA) is 33.1 Å². The van der Waals surface area contributed by atoms with Gasteiger partial charge in [0.1, 0.15) is 5.75 Å². The van der Waals surface area contributed by atoms with Crippen molar-refractivity contribution in [2.45, 2.75) is 13.8 Å². The standard InChI is InChI=1S/C13H12BrNO/c1-8-7-10(4-6-12(8)16)13-11(14)5-3-9(2)15-13/h3-7,16H,1-2H3. The van der Waals surface area contributed by atoms with E-state index in [2.05, 4.69) is 20.9 Å². The third-order valence-electron chi connectivity index (χ3n) is 2.46. The lowest BCUT2D eigenvalue weighted by atomic mass is 10.1. The van der Waals surface area contributed by atoms with Gasteiger partial charge in [0.15, 0.2) is 0 Å². The van der Waals surface area contributed by atoms with Crippen molar-refractivity contribution in [3.05, 3.63) is 46.1 Å². The number of halogens is 1. The lowest BCUT2D eigenvalue weighted by molar-refractivity contribution is 0.471. The van der Waals surface area contributed by atoms with E-state index in [1.807, 2.05) is 38.1 Å². The second-order valence-corrected chi connectivity index (χ2v) is 4.64. The molecule has 0 aliphatic carbocycles. The minimum atomic E-state index is 0.313. The van der Waals surface area contributed by atoms with Crippen molar-refractivity contribution in [2.24, 2.45) is 0 Å². The first kappa shape index (κ1) is 11.1. The van der Waals surface area contributed by atoms with E-state index in [4.69, 9.17) is 0 Å². The van der Waals surface area contributed by atoms with Gasteiger partial charge < -0.3 is 5.11 Å². The molecule has 0 atom stereocenters. The zero-order valence-electron chi connectivity index (χ0n) is 9.16. The van der Waals surface area contributed by atoms with E-state index in [-0.39, 0.29) is 0 Å². The molecule has 2 aromatic rings. The lowest BCUT2D eigenvalue weighted by Crippen LogP contribution is -1.89. The van der Waals surface area contributed by atoms with Crippen LogP contribution in [0.1, 0.15) is 11.3 Å². The molecule has 0 amide bonds. The molecule has 82 valence electrons. The van der Waals surface area contributed by atoms with Crippen LogP contribution in [-0.2, 0) is 0 Å². The number of rotatable bonds is 1. The summed E-state index contributed by atoms with van der Waals surface area (Å²) in [5.74, 6) is 0.313. The molecular formula is C13H12BrNO. The Bertz CT molecular complexity index is 537. The fraction of sp³-hybridized carbons (Fsp3) is 0.154. The van der Waals surface area contributed by atoms with Crippen LogP contribution in [0.3, 0.4) is 0 Å². The van der Waals surface area contributed by atoms with Crippen LogP contribution >= 0.6 is 15.9 Å². The molecule has 1 aromatic heterocycles. The Morgan fingerprint density at radius 3 is 2.56 bits per heavy atom. The second-order valence-electron chi connectivity index (χ2n) is 3.78. The Hall–Kier alpha value is -1.35. The maximum Gasteiger partial charge on any atom is 0.118 e. The number of aromatic nitrogens is 1. The van der Waals surface area contributed by atoms with E-state index in [1.54, 1.807) is 6.07 Å². The normalized spacial score (nSPS) is 10.4. The second kappa shape index (κ2) is 4.26. The van der Waals surface area contributed by atoms with Gasteiger partial charge in [-0.25, -0.2) is 0 Å². The summed E-state index contributed by atoms with van der Waals surface area (Å²) in [6.07, 6.45) is 0. The van der Waals surface area contributed by atoms with Crippen molar-refractivity contribution >= 4 is 15.9 Å². The number of hydrogen-bond acceptors (Lipinski definition) is 2. The molecule has 0 saturated heterocycles.